The molecule has 2 N–H and O–H groups in total. The van der Waals surface area contributed by atoms with Crippen LogP contribution in [0.1, 0.15) is 25.3 Å². The summed E-state index contributed by atoms with van der Waals surface area (Å²) in [5.74, 6) is 0.423. The number of nitrogens with zero attached hydrogens (tertiary/aromatic N) is 2. The zero-order valence-electron chi connectivity index (χ0n) is 13.9. The number of carbonyl (C=O) groups is 1. The van der Waals surface area contributed by atoms with Crippen LogP contribution in [0.2, 0.25) is 0 Å². The number of likely N-dealkylation sites (tertiary alicyclic amines) is 1. The number of aromatic amines is 1. The predicted octanol–water partition coefficient (Wildman–Crippen LogP) is 2.56. The number of rotatable bonds is 7. The van der Waals surface area contributed by atoms with Gasteiger partial charge in [-0.3, -0.25) is 9.89 Å². The molecule has 2 heterocycles. The SMILES string of the molecule is C[C@@H](CNCc1cn[nH]c1-c1ccc(F)cc1)CN1CCCC1=O. The minimum atomic E-state index is -0.247. The molecule has 1 aliphatic heterocycles. The van der Waals surface area contributed by atoms with Gasteiger partial charge < -0.3 is 10.2 Å². The molecule has 24 heavy (non-hydrogen) atoms. The van der Waals surface area contributed by atoms with Crippen molar-refractivity contribution in [3.05, 3.63) is 41.8 Å². The van der Waals surface area contributed by atoms with E-state index >= 15 is 0 Å². The van der Waals surface area contributed by atoms with Gasteiger partial charge in [-0.05, 0) is 43.1 Å². The van der Waals surface area contributed by atoms with Crippen LogP contribution >= 0.6 is 0 Å². The van der Waals surface area contributed by atoms with Crippen molar-refractivity contribution < 1.29 is 9.18 Å². The topological polar surface area (TPSA) is 61.0 Å². The van der Waals surface area contributed by atoms with Gasteiger partial charge in [0.15, 0.2) is 0 Å². The zero-order valence-corrected chi connectivity index (χ0v) is 13.9. The van der Waals surface area contributed by atoms with E-state index < -0.39 is 0 Å². The highest BCUT2D eigenvalue weighted by molar-refractivity contribution is 5.78. The highest BCUT2D eigenvalue weighted by Gasteiger charge is 2.21. The Labute approximate surface area is 141 Å². The molecule has 6 heteroatoms. The lowest BCUT2D eigenvalue weighted by molar-refractivity contribution is -0.128. The Balaban J connectivity index is 1.51. The number of benzene rings is 1. The molecule has 1 aromatic heterocycles. The number of H-pyrrole nitrogens is 1. The maximum absolute atomic E-state index is 13.0. The molecule has 128 valence electrons. The highest BCUT2D eigenvalue weighted by atomic mass is 19.1. The molecule has 1 saturated heterocycles. The number of amides is 1. The largest absolute Gasteiger partial charge is 0.342 e. The van der Waals surface area contributed by atoms with E-state index in [0.717, 1.165) is 42.9 Å². The summed E-state index contributed by atoms with van der Waals surface area (Å²) in [6.45, 7) is 5.36. The second-order valence-corrected chi connectivity index (χ2v) is 6.46. The Morgan fingerprint density at radius 2 is 2.17 bits per heavy atom. The molecule has 1 aromatic carbocycles. The van der Waals surface area contributed by atoms with E-state index in [1.165, 1.54) is 12.1 Å². The molecule has 1 fully saturated rings. The maximum Gasteiger partial charge on any atom is 0.222 e. The first-order valence-corrected chi connectivity index (χ1v) is 8.40. The Morgan fingerprint density at radius 1 is 1.38 bits per heavy atom. The summed E-state index contributed by atoms with van der Waals surface area (Å²) in [7, 11) is 0. The number of hydrogen-bond donors (Lipinski definition) is 2. The Bertz CT molecular complexity index is 683. The van der Waals surface area contributed by atoms with Crippen molar-refractivity contribution >= 4 is 5.91 Å². The lowest BCUT2D eigenvalue weighted by atomic mass is 10.1. The smallest absolute Gasteiger partial charge is 0.222 e. The average Bonchev–Trinajstić information content (AvgIpc) is 3.18. The summed E-state index contributed by atoms with van der Waals surface area (Å²) in [4.78, 5) is 13.6. The fourth-order valence-electron chi connectivity index (χ4n) is 3.10. The third-order valence-electron chi connectivity index (χ3n) is 4.36. The summed E-state index contributed by atoms with van der Waals surface area (Å²) in [6, 6.07) is 6.38. The van der Waals surface area contributed by atoms with Crippen LogP contribution in [0.25, 0.3) is 11.3 Å². The van der Waals surface area contributed by atoms with E-state index in [2.05, 4.69) is 22.4 Å². The van der Waals surface area contributed by atoms with Crippen molar-refractivity contribution in [2.24, 2.45) is 5.92 Å². The van der Waals surface area contributed by atoms with Crippen LogP contribution in [0.15, 0.2) is 30.5 Å². The van der Waals surface area contributed by atoms with E-state index in [-0.39, 0.29) is 11.7 Å². The van der Waals surface area contributed by atoms with E-state index in [0.29, 0.717) is 18.9 Å². The first-order chi connectivity index (χ1) is 11.6. The van der Waals surface area contributed by atoms with Gasteiger partial charge in [0.05, 0.1) is 11.9 Å². The second-order valence-electron chi connectivity index (χ2n) is 6.46. The van der Waals surface area contributed by atoms with Crippen LogP contribution in [0.4, 0.5) is 4.39 Å². The fraction of sp³-hybridized carbons (Fsp3) is 0.444. The summed E-state index contributed by atoms with van der Waals surface area (Å²) in [5.41, 5.74) is 2.87. The van der Waals surface area contributed by atoms with E-state index in [4.69, 9.17) is 0 Å². The van der Waals surface area contributed by atoms with Crippen LogP contribution < -0.4 is 5.32 Å². The van der Waals surface area contributed by atoms with Crippen molar-refractivity contribution in [3.63, 3.8) is 0 Å². The van der Waals surface area contributed by atoms with Gasteiger partial charge in [-0.1, -0.05) is 6.92 Å². The average molecular weight is 330 g/mol. The van der Waals surface area contributed by atoms with Crippen LogP contribution in [-0.4, -0.2) is 40.6 Å². The summed E-state index contributed by atoms with van der Waals surface area (Å²) >= 11 is 0. The quantitative estimate of drug-likeness (QED) is 0.820. The molecule has 2 aromatic rings. The summed E-state index contributed by atoms with van der Waals surface area (Å²) in [5, 5.41) is 10.5. The third-order valence-corrected chi connectivity index (χ3v) is 4.36. The van der Waals surface area contributed by atoms with Gasteiger partial charge in [0.1, 0.15) is 5.82 Å². The van der Waals surface area contributed by atoms with Gasteiger partial charge in [-0.15, -0.1) is 0 Å². The van der Waals surface area contributed by atoms with Crippen LogP contribution in [0, 0.1) is 11.7 Å². The summed E-state index contributed by atoms with van der Waals surface area (Å²) in [6.07, 6.45) is 3.46. The van der Waals surface area contributed by atoms with Crippen LogP contribution in [0.5, 0.6) is 0 Å². The van der Waals surface area contributed by atoms with Crippen molar-refractivity contribution in [2.75, 3.05) is 19.6 Å². The van der Waals surface area contributed by atoms with Gasteiger partial charge in [-0.25, -0.2) is 4.39 Å². The monoisotopic (exact) mass is 330 g/mol. The number of hydrogen-bond acceptors (Lipinski definition) is 3. The second kappa shape index (κ2) is 7.57. The molecule has 0 unspecified atom stereocenters. The van der Waals surface area contributed by atoms with E-state index in [9.17, 15) is 9.18 Å². The first kappa shape index (κ1) is 16.6. The van der Waals surface area contributed by atoms with Crippen molar-refractivity contribution in [1.29, 1.82) is 0 Å². The molecule has 0 spiro atoms. The molecular formula is C18H23FN4O. The minimum absolute atomic E-state index is 0.247. The van der Waals surface area contributed by atoms with E-state index in [1.807, 2.05) is 4.90 Å². The summed E-state index contributed by atoms with van der Waals surface area (Å²) < 4.78 is 13.0. The molecular weight excluding hydrogens is 307 g/mol. The van der Waals surface area contributed by atoms with Gasteiger partial charge in [0, 0.05) is 37.2 Å². The molecule has 1 aliphatic rings. The maximum atomic E-state index is 13.0. The third kappa shape index (κ3) is 4.00. The molecule has 3 rings (SSSR count). The molecule has 0 aliphatic carbocycles. The van der Waals surface area contributed by atoms with Crippen molar-refractivity contribution in [3.8, 4) is 11.3 Å². The molecule has 1 atom stereocenters. The molecule has 5 nitrogen and oxygen atoms in total. The fourth-order valence-corrected chi connectivity index (χ4v) is 3.10. The molecule has 0 saturated carbocycles. The number of aromatic nitrogens is 2. The Hall–Kier alpha value is -2.21. The van der Waals surface area contributed by atoms with Gasteiger partial charge in [0.25, 0.3) is 0 Å². The lowest BCUT2D eigenvalue weighted by Gasteiger charge is -2.21. The van der Waals surface area contributed by atoms with Gasteiger partial charge in [0.2, 0.25) is 5.91 Å². The van der Waals surface area contributed by atoms with Gasteiger partial charge in [-0.2, -0.15) is 5.10 Å². The highest BCUT2D eigenvalue weighted by Crippen LogP contribution is 2.21. The van der Waals surface area contributed by atoms with Crippen molar-refractivity contribution in [1.82, 2.24) is 20.4 Å². The molecule has 1 amide bonds. The zero-order chi connectivity index (χ0) is 16.9. The minimum Gasteiger partial charge on any atom is -0.342 e. The van der Waals surface area contributed by atoms with Gasteiger partial charge >= 0.3 is 0 Å². The normalized spacial score (nSPS) is 15.9. The number of nitrogens with one attached hydrogen (secondary N) is 2. The standard InChI is InChI=1S/C18H23FN4O/c1-13(12-23-8-2-3-17(23)24)9-20-10-15-11-21-22-18(15)14-4-6-16(19)7-5-14/h4-7,11,13,20H,2-3,8-10,12H2,1H3,(H,21,22)/t13-/m0/s1. The number of carbonyl (C=O) groups excluding carboxylic acids is 1. The van der Waals surface area contributed by atoms with Crippen LogP contribution in [0.3, 0.4) is 0 Å². The Morgan fingerprint density at radius 3 is 2.88 bits per heavy atom. The number of halogens is 1. The lowest BCUT2D eigenvalue weighted by Crippen LogP contribution is -2.34. The first-order valence-electron chi connectivity index (χ1n) is 8.40. The van der Waals surface area contributed by atoms with Crippen molar-refractivity contribution in [2.45, 2.75) is 26.3 Å². The predicted molar refractivity (Wildman–Crippen MR) is 90.7 cm³/mol. The van der Waals surface area contributed by atoms with Crippen LogP contribution in [-0.2, 0) is 11.3 Å². The van der Waals surface area contributed by atoms with E-state index in [1.54, 1.807) is 18.3 Å². The molecule has 0 bridgehead atoms. The molecule has 0 radical (unpaired) electrons. The Kier molecular flexibility index (Phi) is 5.25.